The minimum atomic E-state index is 0.941. The van der Waals surface area contributed by atoms with E-state index in [0.717, 1.165) is 63.9 Å². The number of hydrogen-bond acceptors (Lipinski definition) is 5. The number of anilines is 2. The summed E-state index contributed by atoms with van der Waals surface area (Å²) in [5.41, 5.74) is 2.89. The monoisotopic (exact) mass is 323 g/mol. The Balaban J connectivity index is 1.49. The number of hydrogen-bond donors (Lipinski definition) is 0. The first-order chi connectivity index (χ1) is 11.8. The van der Waals surface area contributed by atoms with Crippen LogP contribution in [0.25, 0.3) is 0 Å². The van der Waals surface area contributed by atoms with E-state index in [-0.39, 0.29) is 0 Å². The minimum absolute atomic E-state index is 0.941. The highest BCUT2D eigenvalue weighted by molar-refractivity contribution is 5.52. The van der Waals surface area contributed by atoms with E-state index in [1.54, 1.807) is 6.33 Å². The van der Waals surface area contributed by atoms with Gasteiger partial charge in [0.15, 0.2) is 0 Å². The van der Waals surface area contributed by atoms with E-state index in [1.165, 1.54) is 11.1 Å². The van der Waals surface area contributed by atoms with Gasteiger partial charge in [0.25, 0.3) is 0 Å². The van der Waals surface area contributed by atoms with Crippen molar-refractivity contribution in [1.82, 2.24) is 14.9 Å². The molecule has 2 aliphatic rings. The summed E-state index contributed by atoms with van der Waals surface area (Å²) in [6.45, 7) is 9.66. The summed E-state index contributed by atoms with van der Waals surface area (Å²) < 4.78 is 0. The van der Waals surface area contributed by atoms with Crippen LogP contribution in [-0.2, 0) is 13.0 Å². The molecular weight excluding hydrogens is 298 g/mol. The van der Waals surface area contributed by atoms with Gasteiger partial charge in [-0.15, -0.1) is 0 Å². The van der Waals surface area contributed by atoms with Crippen molar-refractivity contribution in [2.45, 2.75) is 19.9 Å². The Labute approximate surface area is 143 Å². The third-order valence-corrected chi connectivity index (χ3v) is 5.24. The number of benzene rings is 1. The normalized spacial score (nSPS) is 18.5. The van der Waals surface area contributed by atoms with Crippen molar-refractivity contribution in [2.75, 3.05) is 49.1 Å². The number of nitrogens with zero attached hydrogens (tertiary/aromatic N) is 5. The highest BCUT2D eigenvalue weighted by Crippen LogP contribution is 2.25. The maximum Gasteiger partial charge on any atom is 0.134 e. The maximum absolute atomic E-state index is 4.54. The van der Waals surface area contributed by atoms with Gasteiger partial charge in [-0.2, -0.15) is 0 Å². The van der Waals surface area contributed by atoms with Crippen LogP contribution >= 0.6 is 0 Å². The number of fused-ring (bicyclic) bond motifs is 1. The molecule has 4 rings (SSSR count). The van der Waals surface area contributed by atoms with Crippen molar-refractivity contribution in [3.8, 4) is 0 Å². The standard InChI is InChI=1S/C19H25N5/c1-2-22-9-11-23(12-10-22)18-13-19(21-15-20-18)24-8-7-16-5-3-4-6-17(16)14-24/h3-6,13,15H,2,7-12,14H2,1H3. The zero-order valence-electron chi connectivity index (χ0n) is 14.4. The van der Waals surface area contributed by atoms with Gasteiger partial charge < -0.3 is 14.7 Å². The molecule has 5 heteroatoms. The molecule has 0 spiro atoms. The van der Waals surface area contributed by atoms with Crippen LogP contribution in [0.15, 0.2) is 36.7 Å². The lowest BCUT2D eigenvalue weighted by Gasteiger charge is -2.35. The molecule has 0 saturated carbocycles. The molecular formula is C19H25N5. The molecule has 1 saturated heterocycles. The predicted octanol–water partition coefficient (Wildman–Crippen LogP) is 2.18. The molecule has 0 bridgehead atoms. The zero-order chi connectivity index (χ0) is 16.4. The van der Waals surface area contributed by atoms with E-state index >= 15 is 0 Å². The first-order valence-electron chi connectivity index (χ1n) is 8.94. The lowest BCUT2D eigenvalue weighted by atomic mass is 10.00. The van der Waals surface area contributed by atoms with E-state index in [0.29, 0.717) is 0 Å². The van der Waals surface area contributed by atoms with Crippen molar-refractivity contribution in [2.24, 2.45) is 0 Å². The molecule has 24 heavy (non-hydrogen) atoms. The molecule has 0 radical (unpaired) electrons. The van der Waals surface area contributed by atoms with Crippen molar-refractivity contribution in [3.63, 3.8) is 0 Å². The first-order valence-corrected chi connectivity index (χ1v) is 8.94. The largest absolute Gasteiger partial charge is 0.354 e. The van der Waals surface area contributed by atoms with Crippen LogP contribution < -0.4 is 9.80 Å². The number of likely N-dealkylation sites (N-methyl/N-ethyl adjacent to an activating group) is 1. The van der Waals surface area contributed by atoms with Gasteiger partial charge >= 0.3 is 0 Å². The van der Waals surface area contributed by atoms with Gasteiger partial charge in [-0.1, -0.05) is 31.2 Å². The SMILES string of the molecule is CCN1CCN(c2cc(N3CCc4ccccc4C3)ncn2)CC1. The lowest BCUT2D eigenvalue weighted by Crippen LogP contribution is -2.46. The maximum atomic E-state index is 4.54. The van der Waals surface area contributed by atoms with Gasteiger partial charge in [-0.25, -0.2) is 9.97 Å². The number of piperazine rings is 1. The second-order valence-corrected chi connectivity index (χ2v) is 6.60. The first kappa shape index (κ1) is 15.4. The van der Waals surface area contributed by atoms with Crippen molar-refractivity contribution in [3.05, 3.63) is 47.8 Å². The van der Waals surface area contributed by atoms with Gasteiger partial charge in [0.05, 0.1) is 0 Å². The van der Waals surface area contributed by atoms with Crippen LogP contribution in [0, 0.1) is 0 Å². The van der Waals surface area contributed by atoms with Gasteiger partial charge in [-0.3, -0.25) is 0 Å². The average Bonchev–Trinajstić information content (AvgIpc) is 2.68. The minimum Gasteiger partial charge on any atom is -0.354 e. The Hall–Kier alpha value is -2.14. The predicted molar refractivity (Wildman–Crippen MR) is 97.6 cm³/mol. The van der Waals surface area contributed by atoms with Crippen LogP contribution in [-0.4, -0.2) is 54.1 Å². The zero-order valence-corrected chi connectivity index (χ0v) is 14.4. The molecule has 0 N–H and O–H groups in total. The third kappa shape index (κ3) is 3.08. The summed E-state index contributed by atoms with van der Waals surface area (Å²) in [5, 5.41) is 0. The molecule has 1 aromatic heterocycles. The molecule has 2 aliphatic heterocycles. The van der Waals surface area contributed by atoms with Crippen LogP contribution in [0.3, 0.4) is 0 Å². The Morgan fingerprint density at radius 3 is 2.33 bits per heavy atom. The summed E-state index contributed by atoms with van der Waals surface area (Å²) in [5.74, 6) is 2.11. The number of rotatable bonds is 3. The van der Waals surface area contributed by atoms with Gasteiger partial charge in [0.2, 0.25) is 0 Å². The van der Waals surface area contributed by atoms with Crippen LogP contribution in [0.1, 0.15) is 18.1 Å². The Morgan fingerprint density at radius 1 is 0.875 bits per heavy atom. The van der Waals surface area contributed by atoms with Crippen molar-refractivity contribution < 1.29 is 0 Å². The molecule has 0 aliphatic carbocycles. The number of aromatic nitrogens is 2. The molecule has 2 aromatic rings. The fraction of sp³-hybridized carbons (Fsp3) is 0.474. The quantitative estimate of drug-likeness (QED) is 0.865. The van der Waals surface area contributed by atoms with Crippen molar-refractivity contribution >= 4 is 11.6 Å². The highest BCUT2D eigenvalue weighted by atomic mass is 15.3. The average molecular weight is 323 g/mol. The summed E-state index contributed by atoms with van der Waals surface area (Å²) in [7, 11) is 0. The van der Waals surface area contributed by atoms with Gasteiger partial charge in [-0.05, 0) is 24.1 Å². The van der Waals surface area contributed by atoms with Gasteiger partial charge in [0.1, 0.15) is 18.0 Å². The van der Waals surface area contributed by atoms with Crippen LogP contribution in [0.4, 0.5) is 11.6 Å². The van der Waals surface area contributed by atoms with E-state index < -0.39 is 0 Å². The Morgan fingerprint density at radius 2 is 1.58 bits per heavy atom. The molecule has 1 fully saturated rings. The van der Waals surface area contributed by atoms with E-state index in [2.05, 4.69) is 61.9 Å². The van der Waals surface area contributed by atoms with Crippen LogP contribution in [0.5, 0.6) is 0 Å². The molecule has 5 nitrogen and oxygen atoms in total. The molecule has 3 heterocycles. The van der Waals surface area contributed by atoms with E-state index in [9.17, 15) is 0 Å². The topological polar surface area (TPSA) is 35.5 Å². The summed E-state index contributed by atoms with van der Waals surface area (Å²) in [4.78, 5) is 16.3. The Kier molecular flexibility index (Phi) is 4.34. The van der Waals surface area contributed by atoms with Gasteiger partial charge in [0, 0.05) is 45.3 Å². The smallest absolute Gasteiger partial charge is 0.134 e. The summed E-state index contributed by atoms with van der Waals surface area (Å²) in [6.07, 6.45) is 2.81. The van der Waals surface area contributed by atoms with Crippen LogP contribution in [0.2, 0.25) is 0 Å². The second kappa shape index (κ2) is 6.77. The van der Waals surface area contributed by atoms with Crippen molar-refractivity contribution in [1.29, 1.82) is 0 Å². The molecule has 0 amide bonds. The Bertz CT molecular complexity index is 694. The second-order valence-electron chi connectivity index (χ2n) is 6.60. The highest BCUT2D eigenvalue weighted by Gasteiger charge is 2.20. The van der Waals surface area contributed by atoms with E-state index in [4.69, 9.17) is 0 Å². The third-order valence-electron chi connectivity index (χ3n) is 5.24. The fourth-order valence-corrected chi connectivity index (χ4v) is 3.67. The fourth-order valence-electron chi connectivity index (χ4n) is 3.67. The summed E-state index contributed by atoms with van der Waals surface area (Å²) >= 11 is 0. The molecule has 126 valence electrons. The molecule has 0 unspecified atom stereocenters. The lowest BCUT2D eigenvalue weighted by molar-refractivity contribution is 0.270. The molecule has 0 atom stereocenters. The molecule has 1 aromatic carbocycles. The van der Waals surface area contributed by atoms with E-state index in [1.807, 2.05) is 0 Å². The summed E-state index contributed by atoms with van der Waals surface area (Å²) in [6, 6.07) is 10.9.